The van der Waals surface area contributed by atoms with Gasteiger partial charge in [0, 0.05) is 17.1 Å². The SMILES string of the molecule is COc1ccc(/C=C(\C#N)C(=O)Nc2nccs2)c(OC)c1OC. The van der Waals surface area contributed by atoms with E-state index in [0.29, 0.717) is 27.9 Å². The molecule has 8 heteroatoms. The topological polar surface area (TPSA) is 93.5 Å². The molecule has 2 rings (SSSR count). The highest BCUT2D eigenvalue weighted by Gasteiger charge is 2.17. The number of amides is 1. The van der Waals surface area contributed by atoms with Crippen LogP contribution in [0.4, 0.5) is 5.13 Å². The first kappa shape index (κ1) is 17.3. The molecular weight excluding hydrogens is 330 g/mol. The lowest BCUT2D eigenvalue weighted by molar-refractivity contribution is -0.112. The first-order valence-corrected chi connectivity index (χ1v) is 7.64. The molecule has 0 saturated heterocycles. The third kappa shape index (κ3) is 3.64. The van der Waals surface area contributed by atoms with Crippen molar-refractivity contribution >= 4 is 28.5 Å². The Balaban J connectivity index is 2.40. The van der Waals surface area contributed by atoms with Crippen LogP contribution in [0.2, 0.25) is 0 Å². The molecule has 0 saturated carbocycles. The van der Waals surface area contributed by atoms with Gasteiger partial charge in [-0.15, -0.1) is 11.3 Å². The number of nitrogens with zero attached hydrogens (tertiary/aromatic N) is 2. The lowest BCUT2D eigenvalue weighted by Gasteiger charge is -2.14. The molecule has 1 aromatic carbocycles. The smallest absolute Gasteiger partial charge is 0.268 e. The highest BCUT2D eigenvalue weighted by molar-refractivity contribution is 7.13. The van der Waals surface area contributed by atoms with Crippen LogP contribution in [0.5, 0.6) is 17.2 Å². The number of nitriles is 1. The van der Waals surface area contributed by atoms with E-state index in [2.05, 4.69) is 10.3 Å². The van der Waals surface area contributed by atoms with Gasteiger partial charge in [0.1, 0.15) is 11.6 Å². The normalized spacial score (nSPS) is 10.7. The van der Waals surface area contributed by atoms with E-state index < -0.39 is 5.91 Å². The maximum atomic E-state index is 12.2. The second-order valence-corrected chi connectivity index (χ2v) is 5.28. The van der Waals surface area contributed by atoms with Gasteiger partial charge in [-0.2, -0.15) is 5.26 Å². The van der Waals surface area contributed by atoms with Gasteiger partial charge in [-0.1, -0.05) is 0 Å². The molecule has 1 heterocycles. The molecule has 7 nitrogen and oxygen atoms in total. The summed E-state index contributed by atoms with van der Waals surface area (Å²) in [4.78, 5) is 16.1. The Hall–Kier alpha value is -3.05. The fourth-order valence-electron chi connectivity index (χ4n) is 1.99. The van der Waals surface area contributed by atoms with E-state index in [1.165, 1.54) is 38.7 Å². The summed E-state index contributed by atoms with van der Waals surface area (Å²) in [5, 5.41) is 14.0. The van der Waals surface area contributed by atoms with Crippen LogP contribution in [0.15, 0.2) is 29.3 Å². The van der Waals surface area contributed by atoms with Gasteiger partial charge in [0.15, 0.2) is 16.6 Å². The van der Waals surface area contributed by atoms with Gasteiger partial charge in [0.2, 0.25) is 5.75 Å². The van der Waals surface area contributed by atoms with E-state index >= 15 is 0 Å². The average molecular weight is 345 g/mol. The number of hydrogen-bond donors (Lipinski definition) is 1. The second kappa shape index (κ2) is 7.99. The third-order valence-corrected chi connectivity index (χ3v) is 3.74. The summed E-state index contributed by atoms with van der Waals surface area (Å²) in [7, 11) is 4.46. The van der Waals surface area contributed by atoms with Gasteiger partial charge in [0.25, 0.3) is 5.91 Å². The maximum Gasteiger partial charge on any atom is 0.268 e. The molecule has 0 unspecified atom stereocenters. The minimum Gasteiger partial charge on any atom is -0.493 e. The third-order valence-electron chi connectivity index (χ3n) is 3.05. The Morgan fingerprint density at radius 2 is 2.00 bits per heavy atom. The predicted octanol–water partition coefficient (Wildman–Crippen LogP) is 2.71. The van der Waals surface area contributed by atoms with E-state index in [1.54, 1.807) is 23.7 Å². The Kier molecular flexibility index (Phi) is 5.76. The molecule has 0 aliphatic carbocycles. The zero-order valence-electron chi connectivity index (χ0n) is 13.3. The number of aromatic nitrogens is 1. The van der Waals surface area contributed by atoms with Crippen molar-refractivity contribution in [3.05, 3.63) is 34.8 Å². The molecule has 1 N–H and O–H groups in total. The summed E-state index contributed by atoms with van der Waals surface area (Å²) in [6.07, 6.45) is 2.98. The summed E-state index contributed by atoms with van der Waals surface area (Å²) in [5.74, 6) is 0.680. The first-order valence-electron chi connectivity index (χ1n) is 6.76. The number of nitrogens with one attached hydrogen (secondary N) is 1. The molecule has 124 valence electrons. The zero-order chi connectivity index (χ0) is 17.5. The van der Waals surface area contributed by atoms with Crippen LogP contribution in [0.1, 0.15) is 5.56 Å². The van der Waals surface area contributed by atoms with Crippen molar-refractivity contribution in [1.82, 2.24) is 4.98 Å². The number of methoxy groups -OCH3 is 3. The number of hydrogen-bond acceptors (Lipinski definition) is 7. The molecule has 1 amide bonds. The zero-order valence-corrected chi connectivity index (χ0v) is 14.1. The summed E-state index contributed by atoms with van der Waals surface area (Å²) in [6.45, 7) is 0. The highest BCUT2D eigenvalue weighted by atomic mass is 32.1. The van der Waals surface area contributed by atoms with Crippen molar-refractivity contribution in [2.45, 2.75) is 0 Å². The molecule has 0 atom stereocenters. The van der Waals surface area contributed by atoms with Crippen molar-refractivity contribution in [2.75, 3.05) is 26.6 Å². The fraction of sp³-hybridized carbons (Fsp3) is 0.188. The van der Waals surface area contributed by atoms with Crippen LogP contribution in [0.3, 0.4) is 0 Å². The molecule has 1 aromatic heterocycles. The van der Waals surface area contributed by atoms with Gasteiger partial charge < -0.3 is 14.2 Å². The highest BCUT2D eigenvalue weighted by Crippen LogP contribution is 2.40. The summed E-state index contributed by atoms with van der Waals surface area (Å²) >= 11 is 1.26. The number of rotatable bonds is 6. The number of carbonyl (C=O) groups is 1. The Morgan fingerprint density at radius 3 is 2.54 bits per heavy atom. The van der Waals surface area contributed by atoms with E-state index in [0.717, 1.165) is 0 Å². The molecule has 0 fully saturated rings. The number of carbonyl (C=O) groups excluding carboxylic acids is 1. The van der Waals surface area contributed by atoms with E-state index in [-0.39, 0.29) is 5.57 Å². The van der Waals surface area contributed by atoms with Crippen molar-refractivity contribution in [2.24, 2.45) is 0 Å². The minimum absolute atomic E-state index is 0.0873. The van der Waals surface area contributed by atoms with Gasteiger partial charge in [-0.3, -0.25) is 10.1 Å². The molecule has 2 aromatic rings. The summed E-state index contributed by atoms with van der Waals surface area (Å²) in [6, 6.07) is 5.22. The number of thiazole rings is 1. The quantitative estimate of drug-likeness (QED) is 0.639. The first-order chi connectivity index (χ1) is 11.6. The lowest BCUT2D eigenvalue weighted by Crippen LogP contribution is -2.13. The fourth-order valence-corrected chi connectivity index (χ4v) is 2.52. The van der Waals surface area contributed by atoms with E-state index in [1.807, 2.05) is 6.07 Å². The largest absolute Gasteiger partial charge is 0.493 e. The van der Waals surface area contributed by atoms with Gasteiger partial charge >= 0.3 is 0 Å². The van der Waals surface area contributed by atoms with Crippen LogP contribution in [-0.4, -0.2) is 32.2 Å². The average Bonchev–Trinajstić information content (AvgIpc) is 3.11. The van der Waals surface area contributed by atoms with Gasteiger partial charge in [-0.25, -0.2) is 4.98 Å². The lowest BCUT2D eigenvalue weighted by atomic mass is 10.1. The van der Waals surface area contributed by atoms with Crippen molar-refractivity contribution in [3.8, 4) is 23.3 Å². The number of benzene rings is 1. The van der Waals surface area contributed by atoms with Crippen LogP contribution in [-0.2, 0) is 4.79 Å². The van der Waals surface area contributed by atoms with E-state index in [9.17, 15) is 10.1 Å². The maximum absolute atomic E-state index is 12.2. The molecular formula is C16H15N3O4S. The van der Waals surface area contributed by atoms with Gasteiger partial charge in [0.05, 0.1) is 21.3 Å². The van der Waals surface area contributed by atoms with Crippen LogP contribution >= 0.6 is 11.3 Å². The Labute approximate surface area is 143 Å². The van der Waals surface area contributed by atoms with Crippen LogP contribution in [0, 0.1) is 11.3 Å². The van der Waals surface area contributed by atoms with Crippen LogP contribution in [0.25, 0.3) is 6.08 Å². The van der Waals surface area contributed by atoms with Crippen molar-refractivity contribution in [3.63, 3.8) is 0 Å². The molecule has 0 aliphatic rings. The van der Waals surface area contributed by atoms with E-state index in [4.69, 9.17) is 14.2 Å². The van der Waals surface area contributed by atoms with Crippen molar-refractivity contribution < 1.29 is 19.0 Å². The predicted molar refractivity (Wildman–Crippen MR) is 90.4 cm³/mol. The summed E-state index contributed by atoms with van der Waals surface area (Å²) in [5.41, 5.74) is 0.428. The molecule has 0 aliphatic heterocycles. The van der Waals surface area contributed by atoms with Crippen molar-refractivity contribution in [1.29, 1.82) is 5.26 Å². The Morgan fingerprint density at radius 1 is 1.25 bits per heavy atom. The van der Waals surface area contributed by atoms with Gasteiger partial charge in [-0.05, 0) is 18.2 Å². The second-order valence-electron chi connectivity index (χ2n) is 4.38. The molecule has 0 spiro atoms. The summed E-state index contributed by atoms with van der Waals surface area (Å²) < 4.78 is 15.8. The number of anilines is 1. The Bertz CT molecular complexity index is 794. The molecule has 0 radical (unpaired) electrons. The molecule has 24 heavy (non-hydrogen) atoms. The molecule has 0 bridgehead atoms. The van der Waals surface area contributed by atoms with Crippen LogP contribution < -0.4 is 19.5 Å². The minimum atomic E-state index is -0.552. The standard InChI is InChI=1S/C16H15N3O4S/c1-21-12-5-4-10(13(22-2)14(12)23-3)8-11(9-17)15(20)19-16-18-6-7-24-16/h4-8H,1-3H3,(H,18,19,20)/b11-8+. The monoisotopic (exact) mass is 345 g/mol. The number of ether oxygens (including phenoxy) is 3.